The topological polar surface area (TPSA) is 61.6 Å². The van der Waals surface area contributed by atoms with Gasteiger partial charge in [0.1, 0.15) is 5.76 Å². The molecule has 1 amide bonds. The lowest BCUT2D eigenvalue weighted by Gasteiger charge is -2.31. The Bertz CT molecular complexity index is 961. The Kier molecular flexibility index (Phi) is 8.43. The predicted octanol–water partition coefficient (Wildman–Crippen LogP) is 4.72. The van der Waals surface area contributed by atoms with Crippen LogP contribution in [-0.4, -0.2) is 60.0 Å². The number of piperidine rings is 2. The fourth-order valence-corrected chi connectivity index (χ4v) is 5.37. The van der Waals surface area contributed by atoms with E-state index in [1.165, 1.54) is 37.1 Å². The minimum absolute atomic E-state index is 0.134. The van der Waals surface area contributed by atoms with E-state index < -0.39 is 0 Å². The number of aromatic nitrogens is 1. The van der Waals surface area contributed by atoms with Gasteiger partial charge in [0.25, 0.3) is 0 Å². The van der Waals surface area contributed by atoms with Crippen molar-refractivity contribution in [2.45, 2.75) is 66.3 Å². The molecule has 0 radical (unpaired) electrons. The average molecular weight is 467 g/mol. The van der Waals surface area contributed by atoms with Crippen molar-refractivity contribution in [2.24, 2.45) is 11.8 Å². The van der Waals surface area contributed by atoms with Crippen LogP contribution >= 0.6 is 0 Å². The molecule has 1 atom stereocenters. The third-order valence-corrected chi connectivity index (χ3v) is 7.54. The van der Waals surface area contributed by atoms with Crippen molar-refractivity contribution >= 4 is 5.91 Å². The number of hydrogen-bond acceptors (Lipinski definition) is 5. The molecule has 2 saturated heterocycles. The number of nitrogens with zero attached hydrogens (tertiary/aromatic N) is 3. The molecule has 186 valence electrons. The number of benzene rings is 1. The van der Waals surface area contributed by atoms with Gasteiger partial charge in [-0.1, -0.05) is 24.6 Å². The minimum Gasteiger partial charge on any atom is -0.441 e. The number of nitrogens with one attached hydrogen (secondary N) is 1. The van der Waals surface area contributed by atoms with Gasteiger partial charge in [-0.2, -0.15) is 0 Å². The number of carbonyl (C=O) groups excluding carboxylic acids is 1. The van der Waals surface area contributed by atoms with E-state index in [4.69, 9.17) is 9.40 Å². The molecule has 1 aromatic carbocycles. The number of likely N-dealkylation sites (tertiary alicyclic amines) is 2. The standard InChI is InChI=1S/C28H42N4O2/c1-20-8-9-22(3)25(17-20)28-30-26(23(4)34-28)19-32-15-10-24(11-16-32)27(33)29-12-6-14-31-13-5-7-21(2)18-31/h8-9,17,21,24H,5-7,10-16,18-19H2,1-4H3,(H,29,33)/t21-/m0/s1. The van der Waals surface area contributed by atoms with Gasteiger partial charge in [0.2, 0.25) is 11.8 Å². The second kappa shape index (κ2) is 11.5. The Balaban J connectivity index is 1.20. The summed E-state index contributed by atoms with van der Waals surface area (Å²) < 4.78 is 6.04. The van der Waals surface area contributed by atoms with E-state index in [1.807, 2.05) is 6.92 Å². The summed E-state index contributed by atoms with van der Waals surface area (Å²) in [5.74, 6) is 2.78. The van der Waals surface area contributed by atoms with E-state index in [0.29, 0.717) is 5.89 Å². The molecule has 4 rings (SSSR count). The Morgan fingerprint density at radius 1 is 1.12 bits per heavy atom. The molecule has 0 unspecified atom stereocenters. The summed E-state index contributed by atoms with van der Waals surface area (Å²) in [5.41, 5.74) is 4.46. The molecule has 3 heterocycles. The summed E-state index contributed by atoms with van der Waals surface area (Å²) in [4.78, 5) is 22.5. The zero-order valence-electron chi connectivity index (χ0n) is 21.5. The summed E-state index contributed by atoms with van der Waals surface area (Å²) in [7, 11) is 0. The Labute approximate surface area is 205 Å². The van der Waals surface area contributed by atoms with Gasteiger partial charge in [0.15, 0.2) is 0 Å². The van der Waals surface area contributed by atoms with Crippen LogP contribution in [0.4, 0.5) is 0 Å². The third kappa shape index (κ3) is 6.48. The Morgan fingerprint density at radius 2 is 1.91 bits per heavy atom. The van der Waals surface area contributed by atoms with Crippen molar-refractivity contribution in [3.63, 3.8) is 0 Å². The summed E-state index contributed by atoms with van der Waals surface area (Å²) in [6, 6.07) is 6.38. The third-order valence-electron chi connectivity index (χ3n) is 7.54. The summed E-state index contributed by atoms with van der Waals surface area (Å²) in [6.45, 7) is 15.5. The van der Waals surface area contributed by atoms with Crippen LogP contribution in [0, 0.1) is 32.6 Å². The number of rotatable bonds is 8. The molecule has 6 nitrogen and oxygen atoms in total. The quantitative estimate of drug-likeness (QED) is 0.571. The van der Waals surface area contributed by atoms with Gasteiger partial charge in [0, 0.05) is 31.1 Å². The molecule has 2 aliphatic rings. The molecular formula is C28H42N4O2. The zero-order valence-corrected chi connectivity index (χ0v) is 21.5. The van der Waals surface area contributed by atoms with Crippen LogP contribution in [0.2, 0.25) is 0 Å². The van der Waals surface area contributed by atoms with Gasteiger partial charge < -0.3 is 14.6 Å². The molecule has 2 fully saturated rings. The normalized spacial score (nSPS) is 20.5. The van der Waals surface area contributed by atoms with Crippen LogP contribution < -0.4 is 5.32 Å². The van der Waals surface area contributed by atoms with Crippen LogP contribution in [0.1, 0.15) is 61.6 Å². The highest BCUT2D eigenvalue weighted by atomic mass is 16.4. The first-order valence-corrected chi connectivity index (χ1v) is 13.2. The second-order valence-electron chi connectivity index (χ2n) is 10.6. The molecular weight excluding hydrogens is 424 g/mol. The number of carbonyl (C=O) groups is 1. The van der Waals surface area contributed by atoms with E-state index in [-0.39, 0.29) is 11.8 Å². The maximum absolute atomic E-state index is 12.7. The smallest absolute Gasteiger partial charge is 0.226 e. The van der Waals surface area contributed by atoms with Crippen molar-refractivity contribution in [1.82, 2.24) is 20.1 Å². The highest BCUT2D eigenvalue weighted by molar-refractivity contribution is 5.78. The fraction of sp³-hybridized carbons (Fsp3) is 0.643. The van der Waals surface area contributed by atoms with Crippen molar-refractivity contribution < 1.29 is 9.21 Å². The average Bonchev–Trinajstić information content (AvgIpc) is 3.18. The second-order valence-corrected chi connectivity index (χ2v) is 10.6. The van der Waals surface area contributed by atoms with Crippen LogP contribution in [0.15, 0.2) is 22.6 Å². The molecule has 0 aliphatic carbocycles. The predicted molar refractivity (Wildman–Crippen MR) is 137 cm³/mol. The van der Waals surface area contributed by atoms with E-state index in [9.17, 15) is 4.79 Å². The van der Waals surface area contributed by atoms with E-state index >= 15 is 0 Å². The van der Waals surface area contributed by atoms with Crippen LogP contribution in [0.5, 0.6) is 0 Å². The van der Waals surface area contributed by atoms with Crippen LogP contribution in [0.3, 0.4) is 0 Å². The molecule has 2 aromatic rings. The molecule has 1 aromatic heterocycles. The SMILES string of the molecule is Cc1ccc(C)c(-c2nc(CN3CCC(C(=O)NCCCN4CCC[C@H](C)C4)CC3)c(C)o2)c1. The minimum atomic E-state index is 0.134. The van der Waals surface area contributed by atoms with Gasteiger partial charge in [-0.05, 0) is 96.6 Å². The lowest BCUT2D eigenvalue weighted by molar-refractivity contribution is -0.126. The first kappa shape index (κ1) is 24.9. The molecule has 6 heteroatoms. The molecule has 0 saturated carbocycles. The first-order chi connectivity index (χ1) is 16.4. The van der Waals surface area contributed by atoms with Crippen molar-refractivity contribution in [1.29, 1.82) is 0 Å². The number of amides is 1. The van der Waals surface area contributed by atoms with E-state index in [0.717, 1.165) is 74.9 Å². The summed E-state index contributed by atoms with van der Waals surface area (Å²) in [6.07, 6.45) is 5.54. The number of aryl methyl sites for hydroxylation is 3. The molecule has 2 aliphatic heterocycles. The lowest BCUT2D eigenvalue weighted by Crippen LogP contribution is -2.41. The first-order valence-electron chi connectivity index (χ1n) is 13.2. The fourth-order valence-electron chi connectivity index (χ4n) is 5.37. The molecule has 0 spiro atoms. The van der Waals surface area contributed by atoms with Gasteiger partial charge in [0.05, 0.1) is 5.69 Å². The Hall–Kier alpha value is -2.18. The largest absolute Gasteiger partial charge is 0.441 e. The van der Waals surface area contributed by atoms with Crippen LogP contribution in [-0.2, 0) is 11.3 Å². The maximum atomic E-state index is 12.7. The zero-order chi connectivity index (χ0) is 24.1. The Morgan fingerprint density at radius 3 is 2.68 bits per heavy atom. The van der Waals surface area contributed by atoms with Crippen molar-refractivity contribution in [3.05, 3.63) is 40.8 Å². The monoisotopic (exact) mass is 466 g/mol. The number of oxazole rings is 1. The number of hydrogen-bond donors (Lipinski definition) is 1. The maximum Gasteiger partial charge on any atom is 0.226 e. The summed E-state index contributed by atoms with van der Waals surface area (Å²) >= 11 is 0. The lowest BCUT2D eigenvalue weighted by atomic mass is 9.95. The van der Waals surface area contributed by atoms with Gasteiger partial charge in [-0.25, -0.2) is 4.98 Å². The molecule has 1 N–H and O–H groups in total. The van der Waals surface area contributed by atoms with E-state index in [2.05, 4.69) is 54.1 Å². The highest BCUT2D eigenvalue weighted by Crippen LogP contribution is 2.27. The van der Waals surface area contributed by atoms with Gasteiger partial charge in [-0.3, -0.25) is 9.69 Å². The van der Waals surface area contributed by atoms with Crippen molar-refractivity contribution in [2.75, 3.05) is 39.3 Å². The van der Waals surface area contributed by atoms with Crippen LogP contribution in [0.25, 0.3) is 11.5 Å². The van der Waals surface area contributed by atoms with Crippen molar-refractivity contribution in [3.8, 4) is 11.5 Å². The molecule has 34 heavy (non-hydrogen) atoms. The summed E-state index contributed by atoms with van der Waals surface area (Å²) in [5, 5.41) is 3.20. The molecule has 0 bridgehead atoms. The van der Waals surface area contributed by atoms with Gasteiger partial charge in [-0.15, -0.1) is 0 Å². The highest BCUT2D eigenvalue weighted by Gasteiger charge is 2.26. The van der Waals surface area contributed by atoms with Gasteiger partial charge >= 0.3 is 0 Å². The van der Waals surface area contributed by atoms with E-state index in [1.54, 1.807) is 0 Å².